The number of thioether (sulfide) groups is 1. The molecule has 32 heavy (non-hydrogen) atoms. The number of H-pyrrole nitrogens is 1. The first-order chi connectivity index (χ1) is 15.4. The number of benzene rings is 2. The molecule has 0 aliphatic carbocycles. The van der Waals surface area contributed by atoms with Gasteiger partial charge in [0.05, 0.1) is 22.3 Å². The molecular weight excluding hydrogens is 444 g/mol. The van der Waals surface area contributed by atoms with Crippen LogP contribution in [0.5, 0.6) is 0 Å². The predicted octanol–water partition coefficient (Wildman–Crippen LogP) is 6.28. The van der Waals surface area contributed by atoms with Crippen molar-refractivity contribution in [3.63, 3.8) is 0 Å². The molecule has 0 amide bonds. The lowest BCUT2D eigenvalue weighted by molar-refractivity contribution is -0.139. The molecular formula is C22H18F4N4OS. The Balaban J connectivity index is 1.58. The zero-order valence-electron chi connectivity index (χ0n) is 16.7. The molecule has 0 spiro atoms. The maximum absolute atomic E-state index is 13.8. The van der Waals surface area contributed by atoms with E-state index in [-0.39, 0.29) is 15.7 Å². The number of rotatable bonds is 4. The van der Waals surface area contributed by atoms with E-state index in [0.717, 1.165) is 6.07 Å². The average molecular weight is 462 g/mol. The fraction of sp³-hybridized carbons (Fsp3) is 0.273. The Kier molecular flexibility index (Phi) is 5.42. The monoisotopic (exact) mass is 462 g/mol. The molecule has 0 atom stereocenters. The molecule has 2 N–H and O–H groups in total. The van der Waals surface area contributed by atoms with E-state index in [4.69, 9.17) is 4.74 Å². The van der Waals surface area contributed by atoms with Crippen LogP contribution < -0.4 is 5.32 Å². The topological polar surface area (TPSA) is 62.8 Å². The van der Waals surface area contributed by atoms with Crippen LogP contribution in [-0.2, 0) is 10.9 Å². The van der Waals surface area contributed by atoms with Crippen molar-refractivity contribution in [1.29, 1.82) is 0 Å². The zero-order chi connectivity index (χ0) is 22.3. The molecule has 1 aliphatic heterocycles. The molecule has 10 heteroatoms. The lowest BCUT2D eigenvalue weighted by atomic mass is 10.1. The van der Waals surface area contributed by atoms with E-state index in [1.165, 1.54) is 36.2 Å². The zero-order valence-corrected chi connectivity index (χ0v) is 17.5. The van der Waals surface area contributed by atoms with Crippen molar-refractivity contribution < 1.29 is 22.3 Å². The first kappa shape index (κ1) is 21.0. The van der Waals surface area contributed by atoms with Gasteiger partial charge in [-0.25, -0.2) is 4.39 Å². The Morgan fingerprint density at radius 1 is 1.06 bits per heavy atom. The number of nitrogens with one attached hydrogen (secondary N) is 2. The van der Waals surface area contributed by atoms with Gasteiger partial charge in [-0.1, -0.05) is 0 Å². The number of fused-ring (bicyclic) bond motifs is 2. The largest absolute Gasteiger partial charge is 0.417 e. The van der Waals surface area contributed by atoms with E-state index >= 15 is 0 Å². The van der Waals surface area contributed by atoms with Crippen molar-refractivity contribution in [3.8, 4) is 0 Å². The molecule has 4 aromatic rings. The smallest absolute Gasteiger partial charge is 0.381 e. The normalized spacial score (nSPS) is 15.5. The maximum Gasteiger partial charge on any atom is 0.417 e. The van der Waals surface area contributed by atoms with Gasteiger partial charge in [0.15, 0.2) is 5.82 Å². The first-order valence-electron chi connectivity index (χ1n) is 10.0. The van der Waals surface area contributed by atoms with Gasteiger partial charge in [0, 0.05) is 40.3 Å². The fourth-order valence-electron chi connectivity index (χ4n) is 3.78. The number of pyridine rings is 1. The SMILES string of the molecule is Fc1ccc2[nH]nc(Nc3ccnc4cc(C(F)(F)F)c(SC5CCOCC5)cc34)c2c1. The van der Waals surface area contributed by atoms with Crippen LogP contribution in [0.1, 0.15) is 18.4 Å². The third-order valence-corrected chi connectivity index (χ3v) is 6.78. The van der Waals surface area contributed by atoms with Gasteiger partial charge in [-0.2, -0.15) is 18.3 Å². The Hall–Kier alpha value is -2.85. The van der Waals surface area contributed by atoms with Crippen molar-refractivity contribution in [3.05, 3.63) is 54.0 Å². The third-order valence-electron chi connectivity index (χ3n) is 5.39. The van der Waals surface area contributed by atoms with Crippen LogP contribution in [0.4, 0.5) is 29.1 Å². The van der Waals surface area contributed by atoms with E-state index in [1.54, 1.807) is 12.1 Å². The van der Waals surface area contributed by atoms with Crippen LogP contribution in [0.2, 0.25) is 0 Å². The molecule has 0 bridgehead atoms. The van der Waals surface area contributed by atoms with Crippen LogP contribution in [0, 0.1) is 5.82 Å². The summed E-state index contributed by atoms with van der Waals surface area (Å²) in [6.07, 6.45) is -1.67. The van der Waals surface area contributed by atoms with Crippen LogP contribution in [-0.4, -0.2) is 33.6 Å². The number of ether oxygens (including phenoxy) is 1. The van der Waals surface area contributed by atoms with Crippen LogP contribution in [0.3, 0.4) is 0 Å². The molecule has 0 radical (unpaired) electrons. The highest BCUT2D eigenvalue weighted by atomic mass is 32.2. The summed E-state index contributed by atoms with van der Waals surface area (Å²) in [5.74, 6) is -0.0305. The molecule has 2 aromatic heterocycles. The molecule has 1 fully saturated rings. The van der Waals surface area contributed by atoms with E-state index in [9.17, 15) is 17.6 Å². The third kappa shape index (κ3) is 4.12. The van der Waals surface area contributed by atoms with Gasteiger partial charge in [0.25, 0.3) is 0 Å². The van der Waals surface area contributed by atoms with Crippen molar-refractivity contribution in [2.75, 3.05) is 18.5 Å². The van der Waals surface area contributed by atoms with Gasteiger partial charge >= 0.3 is 6.18 Å². The van der Waals surface area contributed by atoms with Gasteiger partial charge in [-0.05, 0) is 49.2 Å². The molecule has 0 unspecified atom stereocenters. The molecule has 0 saturated carbocycles. The molecule has 3 heterocycles. The first-order valence-corrected chi connectivity index (χ1v) is 10.9. The Morgan fingerprint density at radius 3 is 2.66 bits per heavy atom. The van der Waals surface area contributed by atoms with Crippen LogP contribution in [0.25, 0.3) is 21.8 Å². The summed E-state index contributed by atoms with van der Waals surface area (Å²) in [5, 5.41) is 11.3. The fourth-order valence-corrected chi connectivity index (χ4v) is 5.06. The quantitative estimate of drug-likeness (QED) is 0.349. The Labute approximate surface area is 184 Å². The van der Waals surface area contributed by atoms with E-state index in [1.807, 2.05) is 0 Å². The van der Waals surface area contributed by atoms with Crippen molar-refractivity contribution in [2.45, 2.75) is 29.2 Å². The minimum absolute atomic E-state index is 0.0497. The number of anilines is 2. The van der Waals surface area contributed by atoms with E-state index in [0.29, 0.717) is 53.8 Å². The highest BCUT2D eigenvalue weighted by Gasteiger charge is 2.35. The van der Waals surface area contributed by atoms with Gasteiger partial charge in [-0.3, -0.25) is 10.1 Å². The van der Waals surface area contributed by atoms with E-state index < -0.39 is 17.6 Å². The van der Waals surface area contributed by atoms with Crippen molar-refractivity contribution >= 4 is 45.1 Å². The summed E-state index contributed by atoms with van der Waals surface area (Å²) < 4.78 is 60.5. The van der Waals surface area contributed by atoms with Gasteiger partial charge < -0.3 is 10.1 Å². The predicted molar refractivity (Wildman–Crippen MR) is 116 cm³/mol. The second-order valence-corrected chi connectivity index (χ2v) is 8.88. The molecule has 1 aliphatic rings. The number of aromatic nitrogens is 3. The number of hydrogen-bond acceptors (Lipinski definition) is 5. The minimum atomic E-state index is -4.50. The summed E-state index contributed by atoms with van der Waals surface area (Å²) in [4.78, 5) is 4.31. The van der Waals surface area contributed by atoms with Gasteiger partial charge in [0.2, 0.25) is 0 Å². The molecule has 5 rings (SSSR count). The minimum Gasteiger partial charge on any atom is -0.381 e. The number of nitrogens with zero attached hydrogens (tertiary/aromatic N) is 2. The van der Waals surface area contributed by atoms with Crippen molar-refractivity contribution in [2.24, 2.45) is 0 Å². The van der Waals surface area contributed by atoms with Gasteiger partial charge in [-0.15, -0.1) is 11.8 Å². The summed E-state index contributed by atoms with van der Waals surface area (Å²) >= 11 is 1.23. The second-order valence-electron chi connectivity index (χ2n) is 7.54. The van der Waals surface area contributed by atoms with Crippen molar-refractivity contribution in [1.82, 2.24) is 15.2 Å². The number of halogens is 4. The lowest BCUT2D eigenvalue weighted by Crippen LogP contribution is -2.18. The standard InChI is InChI=1S/C22H18F4N4OS/c23-12-1-2-18-15(9-12)21(30-29-18)28-17-3-6-27-19-11-16(22(24,25)26)20(10-14(17)19)32-13-4-7-31-8-5-13/h1-3,6,9-11,13H,4-5,7-8H2,(H2,27,28,29,30). The van der Waals surface area contributed by atoms with Crippen LogP contribution in [0.15, 0.2) is 47.5 Å². The molecule has 1 saturated heterocycles. The summed E-state index contributed by atoms with van der Waals surface area (Å²) in [5.41, 5.74) is 0.695. The Morgan fingerprint density at radius 2 is 1.88 bits per heavy atom. The lowest BCUT2D eigenvalue weighted by Gasteiger charge is -2.23. The summed E-state index contributed by atoms with van der Waals surface area (Å²) in [6, 6.07) is 8.53. The average Bonchev–Trinajstić information content (AvgIpc) is 3.15. The number of hydrogen-bond donors (Lipinski definition) is 2. The van der Waals surface area contributed by atoms with Crippen LogP contribution >= 0.6 is 11.8 Å². The highest BCUT2D eigenvalue weighted by Crippen LogP contribution is 2.43. The molecule has 2 aromatic carbocycles. The summed E-state index contributed by atoms with van der Waals surface area (Å²) in [7, 11) is 0. The molecule has 166 valence electrons. The molecule has 5 nitrogen and oxygen atoms in total. The second kappa shape index (κ2) is 8.25. The number of aromatic amines is 1. The summed E-state index contributed by atoms with van der Waals surface area (Å²) in [6.45, 7) is 1.09. The van der Waals surface area contributed by atoms with E-state index in [2.05, 4.69) is 20.5 Å². The Bertz CT molecular complexity index is 1280. The number of alkyl halides is 3. The van der Waals surface area contributed by atoms with Gasteiger partial charge in [0.1, 0.15) is 5.82 Å². The maximum atomic E-state index is 13.8. The highest BCUT2D eigenvalue weighted by molar-refractivity contribution is 8.00.